The predicted molar refractivity (Wildman–Crippen MR) is 108 cm³/mol. The van der Waals surface area contributed by atoms with Crippen LogP contribution in [0, 0.1) is 0 Å². The molecule has 1 aliphatic heterocycles. The quantitative estimate of drug-likeness (QED) is 0.717. The third kappa shape index (κ3) is 5.47. The largest absolute Gasteiger partial charge is 0.497 e. The molecule has 0 aromatic heterocycles. The zero-order valence-corrected chi connectivity index (χ0v) is 15.9. The van der Waals surface area contributed by atoms with Gasteiger partial charge in [-0.15, -0.1) is 0 Å². The summed E-state index contributed by atoms with van der Waals surface area (Å²) in [6.07, 6.45) is -0.229. The van der Waals surface area contributed by atoms with Gasteiger partial charge in [0.1, 0.15) is 12.2 Å². The second-order valence-electron chi connectivity index (χ2n) is 6.47. The molecule has 2 N–H and O–H groups in total. The summed E-state index contributed by atoms with van der Waals surface area (Å²) in [6, 6.07) is 15.0. The van der Waals surface area contributed by atoms with E-state index in [4.69, 9.17) is 9.47 Å². The van der Waals surface area contributed by atoms with Crippen LogP contribution in [-0.4, -0.2) is 45.2 Å². The molecule has 2 aromatic rings. The van der Waals surface area contributed by atoms with Crippen molar-refractivity contribution in [3.8, 4) is 5.75 Å². The minimum atomic E-state index is -0.340. The first kappa shape index (κ1) is 19.7. The first-order chi connectivity index (χ1) is 13.7. The normalized spacial score (nSPS) is 13.7. The van der Waals surface area contributed by atoms with E-state index in [9.17, 15) is 9.59 Å². The number of amides is 2. The number of hydrogen-bond donors (Lipinski definition) is 2. The maximum Gasteiger partial charge on any atom is 0.233 e. The van der Waals surface area contributed by atoms with Gasteiger partial charge in [-0.25, -0.2) is 0 Å². The number of rotatable bonds is 7. The van der Waals surface area contributed by atoms with Crippen LogP contribution in [0.5, 0.6) is 5.75 Å². The topological polar surface area (TPSA) is 79.9 Å². The van der Waals surface area contributed by atoms with Crippen LogP contribution in [0.4, 0.5) is 11.4 Å². The molecule has 0 unspecified atom stereocenters. The number of nitrogens with one attached hydrogen (secondary N) is 2. The third-order valence-electron chi connectivity index (χ3n) is 4.50. The Morgan fingerprint density at radius 3 is 2.46 bits per heavy atom. The van der Waals surface area contributed by atoms with Gasteiger partial charge in [0.25, 0.3) is 0 Å². The van der Waals surface area contributed by atoms with Crippen LogP contribution in [-0.2, 0) is 20.9 Å². The second-order valence-corrected chi connectivity index (χ2v) is 6.47. The van der Waals surface area contributed by atoms with Gasteiger partial charge in [0.05, 0.1) is 31.7 Å². The summed E-state index contributed by atoms with van der Waals surface area (Å²) < 4.78 is 10.5. The Morgan fingerprint density at radius 1 is 1.04 bits per heavy atom. The van der Waals surface area contributed by atoms with Crippen molar-refractivity contribution < 1.29 is 19.1 Å². The van der Waals surface area contributed by atoms with E-state index in [0.717, 1.165) is 30.1 Å². The monoisotopic (exact) mass is 383 g/mol. The molecular formula is C21H25N3O4. The van der Waals surface area contributed by atoms with Crippen LogP contribution in [0.1, 0.15) is 12.0 Å². The summed E-state index contributed by atoms with van der Waals surface area (Å²) in [5, 5.41) is 5.62. The third-order valence-corrected chi connectivity index (χ3v) is 4.50. The molecule has 1 saturated heterocycles. The maximum absolute atomic E-state index is 12.3. The van der Waals surface area contributed by atoms with E-state index in [1.54, 1.807) is 7.11 Å². The van der Waals surface area contributed by atoms with Gasteiger partial charge in [0.2, 0.25) is 11.8 Å². The van der Waals surface area contributed by atoms with Gasteiger partial charge in [-0.05, 0) is 29.8 Å². The summed E-state index contributed by atoms with van der Waals surface area (Å²) in [7, 11) is 1.60. The number of carbonyl (C=O) groups excluding carboxylic acids is 2. The minimum absolute atomic E-state index is 0.229. The summed E-state index contributed by atoms with van der Waals surface area (Å²) in [5.74, 6) is 0.0958. The van der Waals surface area contributed by atoms with Gasteiger partial charge in [-0.2, -0.15) is 0 Å². The van der Waals surface area contributed by atoms with Gasteiger partial charge in [-0.1, -0.05) is 24.3 Å². The van der Waals surface area contributed by atoms with Crippen LogP contribution in [0.3, 0.4) is 0 Å². The number of methoxy groups -OCH3 is 1. The van der Waals surface area contributed by atoms with Crippen molar-refractivity contribution in [1.29, 1.82) is 0 Å². The van der Waals surface area contributed by atoms with Gasteiger partial charge in [0.15, 0.2) is 0 Å². The number of hydrogen-bond acceptors (Lipinski definition) is 5. The van der Waals surface area contributed by atoms with Crippen molar-refractivity contribution in [1.82, 2.24) is 5.32 Å². The SMILES string of the molecule is COc1ccc(CNC(=O)CC(=O)Nc2ccccc2N2CCOCC2)cc1. The highest BCUT2D eigenvalue weighted by Crippen LogP contribution is 2.26. The van der Waals surface area contributed by atoms with Gasteiger partial charge in [0, 0.05) is 19.6 Å². The molecule has 0 bridgehead atoms. The molecule has 1 heterocycles. The molecule has 148 valence electrons. The van der Waals surface area contributed by atoms with E-state index < -0.39 is 0 Å². The lowest BCUT2D eigenvalue weighted by molar-refractivity contribution is -0.126. The van der Waals surface area contributed by atoms with E-state index in [1.807, 2.05) is 48.5 Å². The van der Waals surface area contributed by atoms with Crippen molar-refractivity contribution in [2.24, 2.45) is 0 Å². The Bertz CT molecular complexity index is 802. The fourth-order valence-corrected chi connectivity index (χ4v) is 3.01. The molecule has 1 aliphatic rings. The predicted octanol–water partition coefficient (Wildman–Crippen LogP) is 2.18. The lowest BCUT2D eigenvalue weighted by atomic mass is 10.2. The van der Waals surface area contributed by atoms with Crippen molar-refractivity contribution in [3.05, 3.63) is 54.1 Å². The highest BCUT2D eigenvalue weighted by molar-refractivity contribution is 6.04. The molecule has 0 radical (unpaired) electrons. The molecule has 2 aromatic carbocycles. The fourth-order valence-electron chi connectivity index (χ4n) is 3.01. The zero-order chi connectivity index (χ0) is 19.8. The second kappa shape index (κ2) is 9.75. The first-order valence-electron chi connectivity index (χ1n) is 9.27. The fraction of sp³-hybridized carbons (Fsp3) is 0.333. The average molecular weight is 383 g/mol. The number of morpholine rings is 1. The zero-order valence-electron chi connectivity index (χ0n) is 15.9. The molecule has 1 fully saturated rings. The number of nitrogens with zero attached hydrogens (tertiary/aromatic N) is 1. The summed E-state index contributed by atoms with van der Waals surface area (Å²) >= 11 is 0. The Morgan fingerprint density at radius 2 is 1.75 bits per heavy atom. The summed E-state index contributed by atoms with van der Waals surface area (Å²) in [4.78, 5) is 26.6. The number of para-hydroxylation sites is 2. The number of anilines is 2. The highest BCUT2D eigenvalue weighted by atomic mass is 16.5. The van der Waals surface area contributed by atoms with Crippen LogP contribution in [0.25, 0.3) is 0 Å². The summed E-state index contributed by atoms with van der Waals surface area (Å²) in [5.41, 5.74) is 2.59. The first-order valence-corrected chi connectivity index (χ1v) is 9.27. The standard InChI is InChI=1S/C21H25N3O4/c1-27-17-8-6-16(7-9-17)15-22-20(25)14-21(26)23-18-4-2-3-5-19(18)24-10-12-28-13-11-24/h2-9H,10-15H2,1H3,(H,22,25)(H,23,26). The molecule has 2 amide bonds. The molecule has 7 heteroatoms. The molecule has 0 spiro atoms. The Balaban J connectivity index is 1.51. The van der Waals surface area contributed by atoms with Gasteiger partial charge >= 0.3 is 0 Å². The smallest absolute Gasteiger partial charge is 0.233 e. The number of ether oxygens (including phenoxy) is 2. The molecule has 3 rings (SSSR count). The Labute approximate surface area is 164 Å². The lowest BCUT2D eigenvalue weighted by Gasteiger charge is -2.30. The van der Waals surface area contributed by atoms with Crippen molar-refractivity contribution in [2.75, 3.05) is 43.6 Å². The lowest BCUT2D eigenvalue weighted by Crippen LogP contribution is -2.37. The molecule has 0 saturated carbocycles. The van der Waals surface area contributed by atoms with E-state index in [2.05, 4.69) is 15.5 Å². The van der Waals surface area contributed by atoms with E-state index in [1.165, 1.54) is 0 Å². The molecule has 28 heavy (non-hydrogen) atoms. The van der Waals surface area contributed by atoms with E-state index >= 15 is 0 Å². The average Bonchev–Trinajstić information content (AvgIpc) is 2.73. The van der Waals surface area contributed by atoms with Crippen molar-refractivity contribution in [2.45, 2.75) is 13.0 Å². The molecule has 0 aliphatic carbocycles. The van der Waals surface area contributed by atoms with E-state index in [-0.39, 0.29) is 18.2 Å². The van der Waals surface area contributed by atoms with Crippen LogP contribution < -0.4 is 20.3 Å². The number of carbonyl (C=O) groups is 2. The van der Waals surface area contributed by atoms with Gasteiger partial charge < -0.3 is 25.0 Å². The highest BCUT2D eigenvalue weighted by Gasteiger charge is 2.16. The minimum Gasteiger partial charge on any atom is -0.497 e. The number of benzene rings is 2. The van der Waals surface area contributed by atoms with Crippen LogP contribution >= 0.6 is 0 Å². The Kier molecular flexibility index (Phi) is 6.86. The maximum atomic E-state index is 12.3. The molecule has 0 atom stereocenters. The van der Waals surface area contributed by atoms with Crippen molar-refractivity contribution in [3.63, 3.8) is 0 Å². The van der Waals surface area contributed by atoms with Crippen LogP contribution in [0.15, 0.2) is 48.5 Å². The molecular weight excluding hydrogens is 358 g/mol. The Hall–Kier alpha value is -3.06. The van der Waals surface area contributed by atoms with Crippen LogP contribution in [0.2, 0.25) is 0 Å². The summed E-state index contributed by atoms with van der Waals surface area (Å²) in [6.45, 7) is 3.23. The van der Waals surface area contributed by atoms with E-state index in [0.29, 0.717) is 25.4 Å². The van der Waals surface area contributed by atoms with Gasteiger partial charge in [-0.3, -0.25) is 9.59 Å². The molecule has 7 nitrogen and oxygen atoms in total. The van der Waals surface area contributed by atoms with Crippen molar-refractivity contribution >= 4 is 23.2 Å².